The largest absolute Gasteiger partial charge is 0.384 e. The molecule has 1 amide bonds. The highest BCUT2D eigenvalue weighted by atomic mass is 32.1. The first-order valence-corrected chi connectivity index (χ1v) is 6.81. The molecule has 1 aromatic heterocycles. The van der Waals surface area contributed by atoms with Crippen molar-refractivity contribution in [3.05, 3.63) is 33.5 Å². The van der Waals surface area contributed by atoms with Gasteiger partial charge in [-0.15, -0.1) is 11.3 Å². The Morgan fingerprint density at radius 1 is 1.60 bits per heavy atom. The number of halogens is 2. The molecule has 2 rings (SSSR count). The van der Waals surface area contributed by atoms with Crippen LogP contribution in [0.3, 0.4) is 0 Å². The van der Waals surface area contributed by atoms with E-state index in [1.807, 2.05) is 0 Å². The average Bonchev–Trinajstić information content (AvgIpc) is 3.05. The maximum Gasteiger partial charge on any atom is 0.270 e. The fourth-order valence-corrected chi connectivity index (χ4v) is 2.70. The molecule has 0 bridgehead atoms. The van der Waals surface area contributed by atoms with Crippen LogP contribution in [0.5, 0.6) is 0 Å². The zero-order valence-corrected chi connectivity index (χ0v) is 11.3. The van der Waals surface area contributed by atoms with E-state index in [1.165, 1.54) is 11.3 Å². The minimum atomic E-state index is -1.71. The molecule has 1 atom stereocenters. The highest BCUT2D eigenvalue weighted by Gasteiger charge is 2.27. The van der Waals surface area contributed by atoms with Gasteiger partial charge in [-0.25, -0.2) is 0 Å². The Kier molecular flexibility index (Phi) is 4.46. The Balaban J connectivity index is 1.86. The van der Waals surface area contributed by atoms with Gasteiger partial charge in [0.25, 0.3) is 6.08 Å². The summed E-state index contributed by atoms with van der Waals surface area (Å²) in [6, 6.07) is 1.11. The average molecular weight is 300 g/mol. The molecule has 5 N–H and O–H groups in total. The van der Waals surface area contributed by atoms with E-state index in [4.69, 9.17) is 11.1 Å². The predicted molar refractivity (Wildman–Crippen MR) is 72.8 cm³/mol. The molecule has 5 nitrogen and oxygen atoms in total. The van der Waals surface area contributed by atoms with Crippen molar-refractivity contribution >= 4 is 23.1 Å². The van der Waals surface area contributed by atoms with Gasteiger partial charge in [0.1, 0.15) is 5.84 Å². The lowest BCUT2D eigenvalue weighted by Crippen LogP contribution is -2.39. The molecule has 0 spiro atoms. The molecular weight excluding hydrogens is 286 g/mol. The van der Waals surface area contributed by atoms with Gasteiger partial charge in [0, 0.05) is 27.9 Å². The number of amides is 1. The number of nitrogen functional groups attached to an aromatic ring is 1. The number of carbonyl (C=O) groups is 1. The van der Waals surface area contributed by atoms with Gasteiger partial charge >= 0.3 is 0 Å². The summed E-state index contributed by atoms with van der Waals surface area (Å²) < 4.78 is 24.8. The van der Waals surface area contributed by atoms with Crippen LogP contribution in [0.15, 0.2) is 23.1 Å². The second-order valence-corrected chi connectivity index (χ2v) is 5.43. The molecule has 108 valence electrons. The topological polar surface area (TPSA) is 91.0 Å². The summed E-state index contributed by atoms with van der Waals surface area (Å²) in [6.45, 7) is 0.347. The number of hydrogen-bond acceptors (Lipinski definition) is 4. The first-order valence-electron chi connectivity index (χ1n) is 5.93. The van der Waals surface area contributed by atoms with Crippen molar-refractivity contribution in [2.24, 2.45) is 5.73 Å². The number of hydrogen-bond donors (Lipinski definition) is 4. The van der Waals surface area contributed by atoms with Crippen LogP contribution in [-0.4, -0.2) is 24.3 Å². The summed E-state index contributed by atoms with van der Waals surface area (Å²) in [4.78, 5) is 12.7. The van der Waals surface area contributed by atoms with Crippen LogP contribution in [0.4, 0.5) is 8.78 Å². The summed E-state index contributed by atoms with van der Waals surface area (Å²) in [7, 11) is 0. The van der Waals surface area contributed by atoms with Gasteiger partial charge in [-0.2, -0.15) is 8.78 Å². The molecule has 0 aromatic carbocycles. The van der Waals surface area contributed by atoms with Crippen molar-refractivity contribution in [2.45, 2.75) is 19.0 Å². The molecule has 0 saturated carbocycles. The van der Waals surface area contributed by atoms with Crippen molar-refractivity contribution in [1.29, 1.82) is 5.41 Å². The van der Waals surface area contributed by atoms with Gasteiger partial charge in [-0.1, -0.05) is 0 Å². The molecule has 2 heterocycles. The zero-order valence-electron chi connectivity index (χ0n) is 10.5. The molecule has 1 fully saturated rings. The summed E-state index contributed by atoms with van der Waals surface area (Å²) >= 11 is 1.38. The second-order valence-electron chi connectivity index (χ2n) is 4.43. The highest BCUT2D eigenvalue weighted by Crippen LogP contribution is 2.19. The molecule has 0 aliphatic carbocycles. The Labute approximate surface area is 118 Å². The lowest BCUT2D eigenvalue weighted by atomic mass is 10.1. The van der Waals surface area contributed by atoms with Crippen molar-refractivity contribution in [2.75, 3.05) is 6.54 Å². The standard InChI is InChI=1S/C12H14F2N4OS/c13-10(14)6-2-9(17-3-6)12(19)18-4-8-1-7(5-20-8)11(15)16/h1,5,9,17H,2-4H2,(H3,15,16)(H,18,19)/t9-/m0/s1. The fourth-order valence-electron chi connectivity index (χ4n) is 1.88. The van der Waals surface area contributed by atoms with Crippen molar-refractivity contribution in [3.63, 3.8) is 0 Å². The van der Waals surface area contributed by atoms with Crippen LogP contribution in [0, 0.1) is 5.41 Å². The lowest BCUT2D eigenvalue weighted by Gasteiger charge is -2.09. The number of nitrogens with two attached hydrogens (primary N) is 1. The fraction of sp³-hybridized carbons (Fsp3) is 0.333. The van der Waals surface area contributed by atoms with Crippen LogP contribution in [0.2, 0.25) is 0 Å². The number of nitrogens with one attached hydrogen (secondary N) is 3. The maximum atomic E-state index is 12.4. The number of carbonyl (C=O) groups excluding carboxylic acids is 1. The summed E-state index contributed by atoms with van der Waals surface area (Å²) in [5.74, 6) is -0.330. The first-order chi connectivity index (χ1) is 9.47. The summed E-state index contributed by atoms with van der Waals surface area (Å²) in [5, 5.41) is 14.4. The number of thiophene rings is 1. The Hall–Kier alpha value is -1.80. The molecule has 0 radical (unpaired) electrons. The Bertz CT molecular complexity index is 566. The minimum absolute atomic E-state index is 0.0138. The molecule has 1 aliphatic heterocycles. The van der Waals surface area contributed by atoms with E-state index in [-0.39, 0.29) is 30.3 Å². The van der Waals surface area contributed by atoms with Crippen LogP contribution < -0.4 is 16.4 Å². The molecule has 0 unspecified atom stereocenters. The van der Waals surface area contributed by atoms with Crippen LogP contribution >= 0.6 is 11.3 Å². The van der Waals surface area contributed by atoms with E-state index >= 15 is 0 Å². The normalized spacial score (nSPS) is 18.1. The molecule has 1 saturated heterocycles. The van der Waals surface area contributed by atoms with Crippen LogP contribution in [0.1, 0.15) is 16.9 Å². The second kappa shape index (κ2) is 6.10. The number of amidine groups is 1. The third-order valence-corrected chi connectivity index (χ3v) is 3.93. The van der Waals surface area contributed by atoms with Gasteiger partial charge in [0.2, 0.25) is 5.91 Å². The molecule has 20 heavy (non-hydrogen) atoms. The minimum Gasteiger partial charge on any atom is -0.384 e. The first kappa shape index (κ1) is 14.6. The summed E-state index contributed by atoms with van der Waals surface area (Å²) in [6.07, 6.45) is -1.67. The quantitative estimate of drug-likeness (QED) is 0.497. The van der Waals surface area contributed by atoms with E-state index in [1.54, 1.807) is 11.4 Å². The van der Waals surface area contributed by atoms with Gasteiger partial charge in [0.15, 0.2) is 0 Å². The van der Waals surface area contributed by atoms with Gasteiger partial charge in [0.05, 0.1) is 12.6 Å². The molecule has 8 heteroatoms. The molecular formula is C12H14F2N4OS. The number of rotatable bonds is 4. The van der Waals surface area contributed by atoms with Crippen molar-refractivity contribution in [1.82, 2.24) is 10.6 Å². The smallest absolute Gasteiger partial charge is 0.270 e. The lowest BCUT2D eigenvalue weighted by molar-refractivity contribution is -0.122. The predicted octanol–water partition coefficient (Wildman–Crippen LogP) is 1.16. The van der Waals surface area contributed by atoms with E-state index in [9.17, 15) is 13.6 Å². The van der Waals surface area contributed by atoms with Crippen molar-refractivity contribution in [3.8, 4) is 0 Å². The van der Waals surface area contributed by atoms with E-state index in [2.05, 4.69) is 10.6 Å². The van der Waals surface area contributed by atoms with Crippen LogP contribution in [-0.2, 0) is 11.3 Å². The van der Waals surface area contributed by atoms with E-state index in [0.717, 1.165) is 4.88 Å². The van der Waals surface area contributed by atoms with Gasteiger partial charge < -0.3 is 16.4 Å². The van der Waals surface area contributed by atoms with Crippen molar-refractivity contribution < 1.29 is 13.6 Å². The SMILES string of the molecule is N=C(N)c1csc(CNC(=O)[C@@H]2CC(=C(F)F)CN2)c1. The monoisotopic (exact) mass is 300 g/mol. The molecule has 1 aromatic rings. The Morgan fingerprint density at radius 3 is 2.90 bits per heavy atom. The third kappa shape index (κ3) is 3.40. The molecule has 1 aliphatic rings. The third-order valence-electron chi connectivity index (χ3n) is 3.00. The summed E-state index contributed by atoms with van der Waals surface area (Å²) in [5.41, 5.74) is 5.94. The Morgan fingerprint density at radius 2 is 2.35 bits per heavy atom. The zero-order chi connectivity index (χ0) is 14.7. The van der Waals surface area contributed by atoms with Gasteiger partial charge in [-0.3, -0.25) is 10.2 Å². The van der Waals surface area contributed by atoms with Crippen LogP contribution in [0.25, 0.3) is 0 Å². The highest BCUT2D eigenvalue weighted by molar-refractivity contribution is 7.10. The van der Waals surface area contributed by atoms with Gasteiger partial charge in [-0.05, 0) is 12.5 Å². The van der Waals surface area contributed by atoms with E-state index in [0.29, 0.717) is 12.1 Å². The maximum absolute atomic E-state index is 12.4. The van der Waals surface area contributed by atoms with E-state index < -0.39 is 12.1 Å².